The number of carboxylic acids is 1. The highest BCUT2D eigenvalue weighted by atomic mass is 16.5. The van der Waals surface area contributed by atoms with Crippen molar-refractivity contribution in [1.82, 2.24) is 5.16 Å². The van der Waals surface area contributed by atoms with Gasteiger partial charge in [0.05, 0.1) is 32.4 Å². The lowest BCUT2D eigenvalue weighted by Crippen LogP contribution is -2.09. The van der Waals surface area contributed by atoms with Gasteiger partial charge in [0, 0.05) is 17.4 Å². The molecule has 184 valence electrons. The van der Waals surface area contributed by atoms with Crippen LogP contribution in [0.15, 0.2) is 34.9 Å². The monoisotopic (exact) mass is 469 g/mol. The summed E-state index contributed by atoms with van der Waals surface area (Å²) in [6.45, 7) is 9.65. The molecule has 0 aliphatic carbocycles. The molecule has 1 aromatic heterocycles. The van der Waals surface area contributed by atoms with E-state index in [0.717, 1.165) is 47.2 Å². The third kappa shape index (κ3) is 6.65. The molecule has 1 N–H and O–H groups in total. The fourth-order valence-corrected chi connectivity index (χ4v) is 3.88. The number of hydrogen-bond donors (Lipinski definition) is 1. The number of aryl methyl sites for hydroxylation is 1. The average molecular weight is 470 g/mol. The van der Waals surface area contributed by atoms with E-state index in [1.165, 1.54) is 7.11 Å². The first-order valence-corrected chi connectivity index (χ1v) is 11.8. The van der Waals surface area contributed by atoms with Crippen LogP contribution >= 0.6 is 0 Å². The van der Waals surface area contributed by atoms with Crippen LogP contribution < -0.4 is 14.2 Å². The summed E-state index contributed by atoms with van der Waals surface area (Å²) in [7, 11) is 1.54. The van der Waals surface area contributed by atoms with E-state index in [-0.39, 0.29) is 11.8 Å². The van der Waals surface area contributed by atoms with Crippen molar-refractivity contribution in [2.45, 2.75) is 59.8 Å². The minimum atomic E-state index is -0.885. The molecule has 2 aromatic carbocycles. The Kier molecular flexibility index (Phi) is 8.42. The van der Waals surface area contributed by atoms with Crippen molar-refractivity contribution >= 4 is 16.9 Å². The van der Waals surface area contributed by atoms with E-state index in [1.54, 1.807) is 18.2 Å². The van der Waals surface area contributed by atoms with E-state index in [2.05, 4.69) is 32.9 Å². The zero-order chi connectivity index (χ0) is 24.7. The number of carbonyl (C=O) groups is 1. The molecular formula is C27H35NO6. The summed E-state index contributed by atoms with van der Waals surface area (Å²) in [5, 5.41) is 14.4. The van der Waals surface area contributed by atoms with Crippen molar-refractivity contribution in [3.05, 3.63) is 47.2 Å². The fourth-order valence-electron chi connectivity index (χ4n) is 3.88. The lowest BCUT2D eigenvalue weighted by atomic mass is 9.89. The zero-order valence-electron chi connectivity index (χ0n) is 20.8. The summed E-state index contributed by atoms with van der Waals surface area (Å²) >= 11 is 0. The number of aromatic nitrogens is 1. The first kappa shape index (κ1) is 25.4. The van der Waals surface area contributed by atoms with Crippen LogP contribution in [0.2, 0.25) is 0 Å². The van der Waals surface area contributed by atoms with Gasteiger partial charge in [-0.15, -0.1) is 0 Å². The van der Waals surface area contributed by atoms with Crippen LogP contribution in [0.5, 0.6) is 17.2 Å². The molecule has 1 heterocycles. The number of hydrogen-bond acceptors (Lipinski definition) is 6. The molecule has 0 fully saturated rings. The summed E-state index contributed by atoms with van der Waals surface area (Å²) < 4.78 is 23.0. The van der Waals surface area contributed by atoms with Crippen molar-refractivity contribution in [2.75, 3.05) is 20.3 Å². The lowest BCUT2D eigenvalue weighted by molar-refractivity contribution is -0.136. The van der Waals surface area contributed by atoms with Gasteiger partial charge in [-0.2, -0.15) is 0 Å². The number of fused-ring (bicyclic) bond motifs is 1. The van der Waals surface area contributed by atoms with Gasteiger partial charge in [0.1, 0.15) is 5.75 Å². The first-order chi connectivity index (χ1) is 16.2. The Morgan fingerprint density at radius 2 is 1.76 bits per heavy atom. The summed E-state index contributed by atoms with van der Waals surface area (Å²) in [6.07, 6.45) is 3.30. The average Bonchev–Trinajstić information content (AvgIpc) is 3.16. The van der Waals surface area contributed by atoms with Gasteiger partial charge in [-0.3, -0.25) is 4.79 Å². The van der Waals surface area contributed by atoms with Gasteiger partial charge in [0.25, 0.3) is 0 Å². The molecule has 7 nitrogen and oxygen atoms in total. The standard InChI is InChI=1S/C27H35NO6/c1-6-8-20-22(12-10-19-21(17-27(2,3)4)28-34-26(19)20)32-13-7-14-33-23-11-9-18(16-25(29)30)15-24(23)31-5/h9-12,15H,6-8,13-14,16-17H2,1-5H3,(H,29,30). The Morgan fingerprint density at radius 1 is 1.06 bits per heavy atom. The molecule has 0 radical (unpaired) electrons. The second-order valence-electron chi connectivity index (χ2n) is 9.64. The summed E-state index contributed by atoms with van der Waals surface area (Å²) in [5.41, 5.74) is 3.66. The Morgan fingerprint density at radius 3 is 2.41 bits per heavy atom. The molecule has 0 aliphatic heterocycles. The van der Waals surface area contributed by atoms with Crippen LogP contribution in [-0.2, 0) is 24.1 Å². The highest BCUT2D eigenvalue weighted by Crippen LogP contribution is 2.34. The topological polar surface area (TPSA) is 91.0 Å². The van der Waals surface area contributed by atoms with Crippen molar-refractivity contribution in [3.8, 4) is 17.2 Å². The van der Waals surface area contributed by atoms with Crippen molar-refractivity contribution < 1.29 is 28.6 Å². The highest BCUT2D eigenvalue weighted by molar-refractivity contribution is 5.84. The van der Waals surface area contributed by atoms with E-state index < -0.39 is 5.97 Å². The molecule has 0 aliphatic rings. The van der Waals surface area contributed by atoms with Crippen LogP contribution in [0.4, 0.5) is 0 Å². The normalized spacial score (nSPS) is 11.6. The zero-order valence-corrected chi connectivity index (χ0v) is 20.8. The first-order valence-electron chi connectivity index (χ1n) is 11.8. The quantitative estimate of drug-likeness (QED) is 0.333. The Bertz CT molecular complexity index is 1110. The summed E-state index contributed by atoms with van der Waals surface area (Å²) in [6, 6.07) is 9.23. The largest absolute Gasteiger partial charge is 0.493 e. The maximum atomic E-state index is 10.9. The third-order valence-corrected chi connectivity index (χ3v) is 5.36. The van der Waals surface area contributed by atoms with E-state index in [9.17, 15) is 4.79 Å². The number of ether oxygens (including phenoxy) is 3. The van der Waals surface area contributed by atoms with Gasteiger partial charge in [-0.05, 0) is 48.1 Å². The van der Waals surface area contributed by atoms with E-state index in [4.69, 9.17) is 23.8 Å². The number of carboxylic acid groups (broad SMARTS) is 1. The molecule has 7 heteroatoms. The minimum Gasteiger partial charge on any atom is -0.493 e. The van der Waals surface area contributed by atoms with Crippen LogP contribution in [-0.4, -0.2) is 36.6 Å². The van der Waals surface area contributed by atoms with Crippen LogP contribution in [0.25, 0.3) is 11.0 Å². The van der Waals surface area contributed by atoms with Crippen LogP contribution in [0, 0.1) is 5.41 Å². The van der Waals surface area contributed by atoms with Crippen LogP contribution in [0.3, 0.4) is 0 Å². The SMILES string of the molecule is CCCc1c(OCCCOc2ccc(CC(=O)O)cc2OC)ccc2c(CC(C)(C)C)noc12. The Balaban J connectivity index is 1.61. The third-order valence-electron chi connectivity index (χ3n) is 5.36. The van der Waals surface area contributed by atoms with Gasteiger partial charge in [-0.1, -0.05) is 45.3 Å². The fraction of sp³-hybridized carbons (Fsp3) is 0.481. The number of rotatable bonds is 12. The van der Waals surface area contributed by atoms with Gasteiger partial charge >= 0.3 is 5.97 Å². The molecule has 0 saturated carbocycles. The molecule has 34 heavy (non-hydrogen) atoms. The van der Waals surface area contributed by atoms with E-state index in [1.807, 2.05) is 12.1 Å². The number of aliphatic carboxylic acids is 1. The second-order valence-corrected chi connectivity index (χ2v) is 9.64. The number of methoxy groups -OCH3 is 1. The van der Waals surface area contributed by atoms with Crippen molar-refractivity contribution in [2.24, 2.45) is 5.41 Å². The summed E-state index contributed by atoms with van der Waals surface area (Å²) in [4.78, 5) is 10.9. The highest BCUT2D eigenvalue weighted by Gasteiger charge is 2.20. The lowest BCUT2D eigenvalue weighted by Gasteiger charge is -2.16. The maximum absolute atomic E-state index is 10.9. The minimum absolute atomic E-state index is 0.0577. The molecule has 0 unspecified atom stereocenters. The molecule has 3 rings (SSSR count). The van der Waals surface area contributed by atoms with Gasteiger partial charge < -0.3 is 23.8 Å². The van der Waals surface area contributed by atoms with Crippen molar-refractivity contribution in [3.63, 3.8) is 0 Å². The van der Waals surface area contributed by atoms with E-state index >= 15 is 0 Å². The number of nitrogens with zero attached hydrogens (tertiary/aromatic N) is 1. The van der Waals surface area contributed by atoms with Gasteiger partial charge in [-0.25, -0.2) is 0 Å². The predicted molar refractivity (Wildman–Crippen MR) is 131 cm³/mol. The molecule has 0 saturated heterocycles. The van der Waals surface area contributed by atoms with Crippen molar-refractivity contribution in [1.29, 1.82) is 0 Å². The Labute approximate surface area is 201 Å². The smallest absolute Gasteiger partial charge is 0.307 e. The molecule has 0 spiro atoms. The second kappa shape index (κ2) is 11.3. The molecule has 3 aromatic rings. The van der Waals surface area contributed by atoms with E-state index in [0.29, 0.717) is 36.7 Å². The van der Waals surface area contributed by atoms with Crippen LogP contribution in [0.1, 0.15) is 57.4 Å². The van der Waals surface area contributed by atoms with Gasteiger partial charge in [0.15, 0.2) is 17.1 Å². The maximum Gasteiger partial charge on any atom is 0.307 e. The molecule has 0 bridgehead atoms. The molecular weight excluding hydrogens is 434 g/mol. The number of benzene rings is 2. The van der Waals surface area contributed by atoms with Gasteiger partial charge in [0.2, 0.25) is 0 Å². The summed E-state index contributed by atoms with van der Waals surface area (Å²) in [5.74, 6) is 1.04. The predicted octanol–water partition coefficient (Wildman–Crippen LogP) is 5.85. The molecule has 0 amide bonds. The molecule has 0 atom stereocenters. The Hall–Kier alpha value is -3.22.